The van der Waals surface area contributed by atoms with Gasteiger partial charge in [0.2, 0.25) is 0 Å². The minimum Gasteiger partial charge on any atom is -0.311 e. The van der Waals surface area contributed by atoms with Crippen molar-refractivity contribution < 1.29 is 0 Å². The molecule has 3 heteroatoms. The summed E-state index contributed by atoms with van der Waals surface area (Å²) in [5, 5.41) is 4.94. The predicted molar refractivity (Wildman–Crippen MR) is 287 cm³/mol. The Hall–Kier alpha value is -8.40. The molecule has 0 spiro atoms. The van der Waals surface area contributed by atoms with Crippen LogP contribution >= 0.6 is 0 Å². The molecule has 2 aliphatic rings. The molecule has 2 nitrogen and oxygen atoms in total. The van der Waals surface area contributed by atoms with Crippen LogP contribution in [0.1, 0.15) is 11.1 Å². The van der Waals surface area contributed by atoms with Crippen molar-refractivity contribution in [1.29, 1.82) is 0 Å². The highest BCUT2D eigenvalue weighted by atomic mass is 15.2. The molecule has 314 valence electrons. The van der Waals surface area contributed by atoms with Crippen molar-refractivity contribution in [2.24, 2.45) is 0 Å². The number of hydrogen-bond acceptors (Lipinski definition) is 2. The fourth-order valence-corrected chi connectivity index (χ4v) is 11.3. The second kappa shape index (κ2) is 15.6. The fourth-order valence-electron chi connectivity index (χ4n) is 11.3. The van der Waals surface area contributed by atoms with Gasteiger partial charge in [0.25, 0.3) is 6.71 Å². The van der Waals surface area contributed by atoms with Crippen molar-refractivity contribution >= 4 is 78.8 Å². The number of hydrogen-bond donors (Lipinski definition) is 0. The molecule has 0 aromatic heterocycles. The molecule has 11 aromatic carbocycles. The molecule has 13 rings (SSSR count). The van der Waals surface area contributed by atoms with Gasteiger partial charge in [-0.15, -0.1) is 0 Å². The first-order chi connectivity index (χ1) is 33.1. The van der Waals surface area contributed by atoms with Gasteiger partial charge in [0, 0.05) is 44.9 Å². The number of fused-ring (bicyclic) bond motifs is 8. The zero-order valence-electron chi connectivity index (χ0n) is 37.5. The van der Waals surface area contributed by atoms with E-state index in [1.807, 2.05) is 0 Å². The second-order valence-electron chi connectivity index (χ2n) is 18.2. The van der Waals surface area contributed by atoms with Gasteiger partial charge in [0.05, 0.1) is 0 Å². The van der Waals surface area contributed by atoms with Crippen molar-refractivity contribution in [2.75, 3.05) is 9.80 Å². The smallest absolute Gasteiger partial charge is 0.252 e. The standard InChI is InChI=1S/C64H45BN2/c1-42-38-51(46-20-10-5-11-21-46)39-43(2)61(42)52-40-59-62-60(41-52)67(54-34-28-48(29-35-54)45-18-8-4-9-19-45)64-56-25-15-13-23-50(56)31-37-58(64)65(62)57-36-30-49-22-12-14-24-55(49)63(57)66(59)53-32-26-47(27-33-53)44-16-6-3-7-17-44/h3-41H,1-2H3. The maximum atomic E-state index is 2.58. The molecule has 0 fully saturated rings. The summed E-state index contributed by atoms with van der Waals surface area (Å²) in [6.45, 7) is 4.54. The van der Waals surface area contributed by atoms with E-state index in [-0.39, 0.29) is 6.71 Å². The molecule has 2 aliphatic heterocycles. The van der Waals surface area contributed by atoms with Gasteiger partial charge in [-0.2, -0.15) is 0 Å². The monoisotopic (exact) mass is 852 g/mol. The first kappa shape index (κ1) is 39.0. The number of benzene rings is 11. The molecule has 0 atom stereocenters. The zero-order chi connectivity index (χ0) is 44.6. The van der Waals surface area contributed by atoms with Crippen LogP contribution in [0.25, 0.3) is 66.1 Å². The third-order valence-corrected chi connectivity index (χ3v) is 14.2. The second-order valence-corrected chi connectivity index (χ2v) is 18.2. The van der Waals surface area contributed by atoms with Crippen LogP contribution in [0.3, 0.4) is 0 Å². The van der Waals surface area contributed by atoms with Gasteiger partial charge in [-0.3, -0.25) is 0 Å². The van der Waals surface area contributed by atoms with Crippen molar-refractivity contribution in [3.05, 3.63) is 248 Å². The quantitative estimate of drug-likeness (QED) is 0.154. The van der Waals surface area contributed by atoms with Crippen LogP contribution in [0.4, 0.5) is 34.1 Å². The average Bonchev–Trinajstić information content (AvgIpc) is 3.39. The molecule has 0 bridgehead atoms. The normalized spacial score (nSPS) is 12.5. The molecule has 0 saturated heterocycles. The van der Waals surface area contributed by atoms with Crippen molar-refractivity contribution in [2.45, 2.75) is 13.8 Å². The van der Waals surface area contributed by atoms with Crippen molar-refractivity contribution in [3.8, 4) is 44.5 Å². The van der Waals surface area contributed by atoms with Crippen LogP contribution in [-0.4, -0.2) is 6.71 Å². The summed E-state index contributed by atoms with van der Waals surface area (Å²) in [4.78, 5) is 5.16. The Morgan fingerprint density at radius 3 is 1.12 bits per heavy atom. The molecule has 2 heterocycles. The predicted octanol–water partition coefficient (Wildman–Crippen LogP) is 15.4. The number of anilines is 6. The lowest BCUT2D eigenvalue weighted by molar-refractivity contribution is 1.26. The molecule has 67 heavy (non-hydrogen) atoms. The summed E-state index contributed by atoms with van der Waals surface area (Å²) in [5.74, 6) is 0. The summed E-state index contributed by atoms with van der Waals surface area (Å²) in [6, 6.07) is 87.7. The summed E-state index contributed by atoms with van der Waals surface area (Å²) in [7, 11) is 0. The van der Waals surface area contributed by atoms with E-state index < -0.39 is 0 Å². The van der Waals surface area contributed by atoms with Crippen LogP contribution in [0, 0.1) is 13.8 Å². The van der Waals surface area contributed by atoms with Crippen LogP contribution in [0.15, 0.2) is 237 Å². The topological polar surface area (TPSA) is 6.48 Å². The highest BCUT2D eigenvalue weighted by Crippen LogP contribution is 2.50. The average molecular weight is 853 g/mol. The van der Waals surface area contributed by atoms with E-state index in [0.29, 0.717) is 0 Å². The Morgan fingerprint density at radius 1 is 0.313 bits per heavy atom. The van der Waals surface area contributed by atoms with Gasteiger partial charge in [0.1, 0.15) is 0 Å². The summed E-state index contributed by atoms with van der Waals surface area (Å²) in [5.41, 5.74) is 23.3. The highest BCUT2D eigenvalue weighted by molar-refractivity contribution is 7.00. The van der Waals surface area contributed by atoms with Crippen LogP contribution < -0.4 is 26.2 Å². The van der Waals surface area contributed by atoms with Crippen molar-refractivity contribution in [3.63, 3.8) is 0 Å². The summed E-state index contributed by atoms with van der Waals surface area (Å²) < 4.78 is 0. The molecule has 0 amide bonds. The maximum Gasteiger partial charge on any atom is 0.252 e. The van der Waals surface area contributed by atoms with Crippen molar-refractivity contribution in [1.82, 2.24) is 0 Å². The molecule has 0 N–H and O–H groups in total. The molecular weight excluding hydrogens is 808 g/mol. The van der Waals surface area contributed by atoms with E-state index >= 15 is 0 Å². The van der Waals surface area contributed by atoms with Gasteiger partial charge < -0.3 is 9.80 Å². The van der Waals surface area contributed by atoms with Gasteiger partial charge in [0.15, 0.2) is 0 Å². The Morgan fingerprint density at radius 2 is 0.687 bits per heavy atom. The SMILES string of the molecule is Cc1cc(-c2ccccc2)cc(C)c1-c1cc2c3c(c1)N(c1ccc(-c4ccccc4)cc1)c1c(ccc4ccccc14)B3c1ccc3ccccc3c1N2c1ccc(-c2ccccc2)cc1. The Kier molecular flexibility index (Phi) is 9.11. The van der Waals surface area contributed by atoms with Gasteiger partial charge in [-0.25, -0.2) is 0 Å². The van der Waals surface area contributed by atoms with Crippen LogP contribution in [0.5, 0.6) is 0 Å². The van der Waals surface area contributed by atoms with E-state index in [1.54, 1.807) is 0 Å². The largest absolute Gasteiger partial charge is 0.311 e. The lowest BCUT2D eigenvalue weighted by atomic mass is 9.33. The third-order valence-electron chi connectivity index (χ3n) is 14.2. The van der Waals surface area contributed by atoms with E-state index in [4.69, 9.17) is 0 Å². The van der Waals surface area contributed by atoms with E-state index in [0.717, 1.165) is 11.4 Å². The Labute approximate surface area is 392 Å². The molecule has 0 unspecified atom stereocenters. The molecule has 0 radical (unpaired) electrons. The van der Waals surface area contributed by atoms with E-state index in [2.05, 4.69) is 260 Å². The van der Waals surface area contributed by atoms with Gasteiger partial charge in [-0.05, 0) is 133 Å². The Balaban J connectivity index is 1.13. The molecule has 0 saturated carbocycles. The fraction of sp³-hybridized carbons (Fsp3) is 0.0312. The Bertz CT molecular complexity index is 3480. The van der Waals surface area contributed by atoms with Crippen LogP contribution in [-0.2, 0) is 0 Å². The zero-order valence-corrected chi connectivity index (χ0v) is 37.5. The lowest BCUT2D eigenvalue weighted by Gasteiger charge is -2.45. The van der Waals surface area contributed by atoms with E-state index in [1.165, 1.54) is 116 Å². The first-order valence-corrected chi connectivity index (χ1v) is 23.4. The van der Waals surface area contributed by atoms with Gasteiger partial charge >= 0.3 is 0 Å². The minimum absolute atomic E-state index is 0.0272. The molecule has 11 aromatic rings. The van der Waals surface area contributed by atoms with E-state index in [9.17, 15) is 0 Å². The number of rotatable bonds is 6. The maximum absolute atomic E-state index is 2.58. The summed E-state index contributed by atoms with van der Waals surface area (Å²) >= 11 is 0. The third kappa shape index (κ3) is 6.34. The minimum atomic E-state index is -0.0272. The molecule has 0 aliphatic carbocycles. The molecular formula is C64H45BN2. The lowest BCUT2D eigenvalue weighted by Crippen LogP contribution is -2.61. The first-order valence-electron chi connectivity index (χ1n) is 23.4. The number of aryl methyl sites for hydroxylation is 2. The summed E-state index contributed by atoms with van der Waals surface area (Å²) in [6.07, 6.45) is 0. The highest BCUT2D eigenvalue weighted by Gasteiger charge is 2.45. The number of nitrogens with zero attached hydrogens (tertiary/aromatic N) is 2. The van der Waals surface area contributed by atoms with Crippen LogP contribution in [0.2, 0.25) is 0 Å². The van der Waals surface area contributed by atoms with Gasteiger partial charge in [-0.1, -0.05) is 200 Å².